The SMILES string of the molecule is N#Cc1cccnc1N1CCCC1c1ccc(F)cc1. The van der Waals surface area contributed by atoms with Crippen molar-refractivity contribution in [2.45, 2.75) is 18.9 Å². The Morgan fingerprint density at radius 1 is 1.25 bits per heavy atom. The van der Waals surface area contributed by atoms with Crippen LogP contribution < -0.4 is 4.90 Å². The van der Waals surface area contributed by atoms with Gasteiger partial charge >= 0.3 is 0 Å². The van der Waals surface area contributed by atoms with Gasteiger partial charge in [0, 0.05) is 12.7 Å². The van der Waals surface area contributed by atoms with Gasteiger partial charge in [0.1, 0.15) is 17.7 Å². The largest absolute Gasteiger partial charge is 0.348 e. The summed E-state index contributed by atoms with van der Waals surface area (Å²) in [5.74, 6) is 0.496. The summed E-state index contributed by atoms with van der Waals surface area (Å²) in [5, 5.41) is 9.21. The lowest BCUT2D eigenvalue weighted by atomic mass is 10.0. The number of benzene rings is 1. The lowest BCUT2D eigenvalue weighted by Crippen LogP contribution is -2.24. The van der Waals surface area contributed by atoms with E-state index in [1.54, 1.807) is 18.3 Å². The van der Waals surface area contributed by atoms with Crippen LogP contribution in [0.5, 0.6) is 0 Å². The molecule has 0 saturated carbocycles. The highest BCUT2D eigenvalue weighted by Crippen LogP contribution is 2.36. The maximum atomic E-state index is 13.0. The van der Waals surface area contributed by atoms with Gasteiger partial charge in [-0.05, 0) is 42.7 Å². The second kappa shape index (κ2) is 5.30. The number of pyridine rings is 1. The molecular formula is C16H14FN3. The van der Waals surface area contributed by atoms with E-state index in [0.717, 1.165) is 30.8 Å². The first-order chi connectivity index (χ1) is 9.79. The van der Waals surface area contributed by atoms with Gasteiger partial charge in [0.25, 0.3) is 0 Å². The number of anilines is 1. The van der Waals surface area contributed by atoms with E-state index >= 15 is 0 Å². The molecule has 1 aliphatic heterocycles. The first-order valence-corrected chi connectivity index (χ1v) is 6.67. The van der Waals surface area contributed by atoms with Crippen LogP contribution in [0, 0.1) is 17.1 Å². The Morgan fingerprint density at radius 2 is 2.05 bits per heavy atom. The Kier molecular flexibility index (Phi) is 3.34. The van der Waals surface area contributed by atoms with E-state index in [9.17, 15) is 9.65 Å². The van der Waals surface area contributed by atoms with Gasteiger partial charge in [-0.15, -0.1) is 0 Å². The predicted octanol–water partition coefficient (Wildman–Crippen LogP) is 3.43. The molecule has 0 amide bonds. The summed E-state index contributed by atoms with van der Waals surface area (Å²) in [7, 11) is 0. The van der Waals surface area contributed by atoms with Crippen LogP contribution >= 0.6 is 0 Å². The van der Waals surface area contributed by atoms with Crippen molar-refractivity contribution in [1.82, 2.24) is 4.98 Å². The first kappa shape index (κ1) is 12.6. The zero-order valence-electron chi connectivity index (χ0n) is 11.0. The molecular weight excluding hydrogens is 253 g/mol. The molecule has 1 saturated heterocycles. The third-order valence-electron chi connectivity index (χ3n) is 3.69. The lowest BCUT2D eigenvalue weighted by Gasteiger charge is -2.26. The highest BCUT2D eigenvalue weighted by atomic mass is 19.1. The predicted molar refractivity (Wildman–Crippen MR) is 74.7 cm³/mol. The zero-order chi connectivity index (χ0) is 13.9. The summed E-state index contributed by atoms with van der Waals surface area (Å²) in [6, 6.07) is 12.5. The van der Waals surface area contributed by atoms with E-state index in [-0.39, 0.29) is 11.9 Å². The smallest absolute Gasteiger partial charge is 0.146 e. The van der Waals surface area contributed by atoms with E-state index in [1.165, 1.54) is 12.1 Å². The lowest BCUT2D eigenvalue weighted by molar-refractivity contribution is 0.624. The second-order valence-corrected chi connectivity index (χ2v) is 4.89. The Labute approximate surface area is 117 Å². The normalized spacial score (nSPS) is 18.0. The van der Waals surface area contributed by atoms with Gasteiger partial charge in [0.2, 0.25) is 0 Å². The molecule has 4 heteroatoms. The first-order valence-electron chi connectivity index (χ1n) is 6.67. The topological polar surface area (TPSA) is 39.9 Å². The van der Waals surface area contributed by atoms with Crippen LogP contribution in [-0.2, 0) is 0 Å². The number of nitrogens with zero attached hydrogens (tertiary/aromatic N) is 3. The Morgan fingerprint density at radius 3 is 2.80 bits per heavy atom. The molecule has 1 aliphatic rings. The van der Waals surface area contributed by atoms with Crippen molar-refractivity contribution in [1.29, 1.82) is 5.26 Å². The van der Waals surface area contributed by atoms with Crippen molar-refractivity contribution >= 4 is 5.82 Å². The molecule has 1 aromatic carbocycles. The molecule has 3 nitrogen and oxygen atoms in total. The number of halogens is 1. The molecule has 0 spiro atoms. The van der Waals surface area contributed by atoms with Gasteiger partial charge in [-0.25, -0.2) is 9.37 Å². The molecule has 1 aromatic heterocycles. The third-order valence-corrected chi connectivity index (χ3v) is 3.69. The molecule has 100 valence electrons. The number of aromatic nitrogens is 1. The Hall–Kier alpha value is -2.41. The van der Waals surface area contributed by atoms with Gasteiger partial charge in [-0.3, -0.25) is 0 Å². The zero-order valence-corrected chi connectivity index (χ0v) is 11.0. The summed E-state index contributed by atoms with van der Waals surface area (Å²) in [6.07, 6.45) is 3.74. The number of hydrogen-bond donors (Lipinski definition) is 0. The van der Waals surface area contributed by atoms with Gasteiger partial charge in [0.15, 0.2) is 0 Å². The molecule has 2 heterocycles. The van der Waals surface area contributed by atoms with Crippen LogP contribution in [-0.4, -0.2) is 11.5 Å². The van der Waals surface area contributed by atoms with Crippen LogP contribution in [0.4, 0.5) is 10.2 Å². The molecule has 0 bridgehead atoms. The molecule has 1 atom stereocenters. The maximum Gasteiger partial charge on any atom is 0.146 e. The van der Waals surface area contributed by atoms with Crippen molar-refractivity contribution in [2.75, 3.05) is 11.4 Å². The summed E-state index contributed by atoms with van der Waals surface area (Å²) in [5.41, 5.74) is 1.65. The van der Waals surface area contributed by atoms with Crippen molar-refractivity contribution in [3.8, 4) is 6.07 Å². The highest BCUT2D eigenvalue weighted by molar-refractivity contribution is 5.55. The second-order valence-electron chi connectivity index (χ2n) is 4.89. The molecule has 0 aliphatic carbocycles. The number of nitriles is 1. The van der Waals surface area contributed by atoms with Crippen molar-refractivity contribution in [3.63, 3.8) is 0 Å². The molecule has 0 radical (unpaired) electrons. The summed E-state index contributed by atoms with van der Waals surface area (Å²) in [4.78, 5) is 6.50. The minimum Gasteiger partial charge on any atom is -0.348 e. The monoisotopic (exact) mass is 267 g/mol. The number of hydrogen-bond acceptors (Lipinski definition) is 3. The van der Waals surface area contributed by atoms with E-state index in [1.807, 2.05) is 12.1 Å². The van der Waals surface area contributed by atoms with Crippen molar-refractivity contribution < 1.29 is 4.39 Å². The average molecular weight is 267 g/mol. The van der Waals surface area contributed by atoms with E-state index in [0.29, 0.717) is 5.56 Å². The van der Waals surface area contributed by atoms with Crippen LogP contribution in [0.3, 0.4) is 0 Å². The Balaban J connectivity index is 1.97. The molecule has 0 N–H and O–H groups in total. The summed E-state index contributed by atoms with van der Waals surface area (Å²) >= 11 is 0. The third kappa shape index (κ3) is 2.23. The van der Waals surface area contributed by atoms with Crippen LogP contribution in [0.25, 0.3) is 0 Å². The van der Waals surface area contributed by atoms with Gasteiger partial charge < -0.3 is 4.90 Å². The quantitative estimate of drug-likeness (QED) is 0.836. The van der Waals surface area contributed by atoms with Gasteiger partial charge in [-0.2, -0.15) is 5.26 Å². The molecule has 3 rings (SSSR count). The van der Waals surface area contributed by atoms with Gasteiger partial charge in [-0.1, -0.05) is 12.1 Å². The molecule has 1 unspecified atom stereocenters. The minimum atomic E-state index is -0.228. The van der Waals surface area contributed by atoms with Crippen molar-refractivity contribution in [3.05, 3.63) is 59.5 Å². The highest BCUT2D eigenvalue weighted by Gasteiger charge is 2.28. The molecule has 2 aromatic rings. The van der Waals surface area contributed by atoms with Gasteiger partial charge in [0.05, 0.1) is 11.6 Å². The molecule has 20 heavy (non-hydrogen) atoms. The molecule has 1 fully saturated rings. The average Bonchev–Trinajstić information content (AvgIpc) is 2.97. The fourth-order valence-electron chi connectivity index (χ4n) is 2.76. The summed E-state index contributed by atoms with van der Waals surface area (Å²) < 4.78 is 13.0. The maximum absolute atomic E-state index is 13.0. The van der Waals surface area contributed by atoms with E-state index in [4.69, 9.17) is 0 Å². The summed E-state index contributed by atoms with van der Waals surface area (Å²) in [6.45, 7) is 0.869. The Bertz CT molecular complexity index is 646. The van der Waals surface area contributed by atoms with Crippen LogP contribution in [0.2, 0.25) is 0 Å². The number of rotatable bonds is 2. The van der Waals surface area contributed by atoms with E-state index < -0.39 is 0 Å². The standard InChI is InChI=1S/C16H14FN3/c17-14-7-5-12(6-8-14)15-4-2-10-20(15)16-13(11-18)3-1-9-19-16/h1,3,5-9,15H,2,4,10H2. The fourth-order valence-corrected chi connectivity index (χ4v) is 2.76. The van der Waals surface area contributed by atoms with Crippen molar-refractivity contribution in [2.24, 2.45) is 0 Å². The van der Waals surface area contributed by atoms with Crippen LogP contribution in [0.1, 0.15) is 30.0 Å². The minimum absolute atomic E-state index is 0.164. The van der Waals surface area contributed by atoms with E-state index in [2.05, 4.69) is 16.0 Å². The fraction of sp³-hybridized carbons (Fsp3) is 0.250. The van der Waals surface area contributed by atoms with Crippen LogP contribution in [0.15, 0.2) is 42.6 Å².